The Balaban J connectivity index is 1.79. The minimum absolute atomic E-state index is 0.0111. The molecule has 2 heterocycles. The summed E-state index contributed by atoms with van der Waals surface area (Å²) in [6, 6.07) is 12.8. The van der Waals surface area contributed by atoms with Gasteiger partial charge in [-0.3, -0.25) is 0 Å². The summed E-state index contributed by atoms with van der Waals surface area (Å²) in [4.78, 5) is 8.96. The summed E-state index contributed by atoms with van der Waals surface area (Å²) >= 11 is 7.81. The summed E-state index contributed by atoms with van der Waals surface area (Å²) in [5.74, 6) is 0. The second kappa shape index (κ2) is 6.36. The average Bonchev–Trinajstić information content (AvgIpc) is 2.61. The fourth-order valence-corrected chi connectivity index (χ4v) is 4.01. The Bertz CT molecular complexity index is 923. The lowest BCUT2D eigenvalue weighted by Crippen LogP contribution is -2.19. The van der Waals surface area contributed by atoms with E-state index in [1.807, 2.05) is 6.26 Å². The summed E-state index contributed by atoms with van der Waals surface area (Å²) in [5, 5.41) is 3.75. The lowest BCUT2D eigenvalue weighted by Gasteiger charge is -2.27. The molecule has 0 amide bonds. The molecule has 1 aliphatic rings. The Kier molecular flexibility index (Phi) is 4.21. The first kappa shape index (κ1) is 15.9. The van der Waals surface area contributed by atoms with Crippen molar-refractivity contribution in [3.05, 3.63) is 63.9 Å². The van der Waals surface area contributed by atoms with Gasteiger partial charge in [-0.15, -0.1) is 0 Å². The zero-order valence-corrected chi connectivity index (χ0v) is 15.1. The molecule has 0 saturated carbocycles. The normalized spacial score (nSPS) is 17.0. The summed E-state index contributed by atoms with van der Waals surface area (Å²) in [6.07, 6.45) is 2.67. The van der Waals surface area contributed by atoms with Gasteiger partial charge in [0.05, 0.1) is 18.4 Å². The smallest absolute Gasteiger partial charge is 0.188 e. The molecule has 0 saturated heterocycles. The maximum absolute atomic E-state index is 6.30. The number of aromatic nitrogens is 2. The first-order valence-corrected chi connectivity index (χ1v) is 9.46. The van der Waals surface area contributed by atoms with E-state index in [0.29, 0.717) is 16.9 Å². The lowest BCUT2D eigenvalue weighted by atomic mass is 9.93. The predicted octanol–water partition coefficient (Wildman–Crippen LogP) is 5.13. The van der Waals surface area contributed by atoms with Crippen LogP contribution in [-0.4, -0.2) is 16.2 Å². The van der Waals surface area contributed by atoms with Crippen LogP contribution < -0.4 is 0 Å². The third-order valence-electron chi connectivity index (χ3n) is 4.50. The fraction of sp³-hybridized carbons (Fsp3) is 0.263. The first-order valence-electron chi connectivity index (χ1n) is 7.86. The molecular weight excluding hydrogens is 340 g/mol. The second-order valence-corrected chi connectivity index (χ2v) is 7.08. The molecule has 3 nitrogen and oxygen atoms in total. The van der Waals surface area contributed by atoms with E-state index in [9.17, 15) is 0 Å². The van der Waals surface area contributed by atoms with Crippen molar-refractivity contribution in [2.75, 3.05) is 6.26 Å². The summed E-state index contributed by atoms with van der Waals surface area (Å²) in [7, 11) is 0. The Labute approximate surface area is 150 Å². The number of thioether (sulfide) groups is 1. The molecule has 1 aromatic heterocycles. The number of aryl methyl sites for hydroxylation is 1. The highest BCUT2D eigenvalue weighted by atomic mass is 35.5. The first-order chi connectivity index (χ1) is 11.7. The molecule has 1 atom stereocenters. The van der Waals surface area contributed by atoms with Crippen molar-refractivity contribution in [2.45, 2.75) is 31.2 Å². The van der Waals surface area contributed by atoms with Gasteiger partial charge >= 0.3 is 0 Å². The minimum atomic E-state index is -0.0111. The third kappa shape index (κ3) is 2.69. The molecule has 0 bridgehead atoms. The van der Waals surface area contributed by atoms with Crippen molar-refractivity contribution in [3.8, 4) is 0 Å². The van der Waals surface area contributed by atoms with Crippen LogP contribution in [-0.2, 0) is 17.8 Å². The van der Waals surface area contributed by atoms with Crippen LogP contribution in [0.15, 0.2) is 41.6 Å². The van der Waals surface area contributed by atoms with Crippen LogP contribution in [0, 0.1) is 6.92 Å². The zero-order chi connectivity index (χ0) is 16.7. The average molecular weight is 357 g/mol. The molecule has 0 spiro atoms. The summed E-state index contributed by atoms with van der Waals surface area (Å²) in [6.45, 7) is 2.60. The van der Waals surface area contributed by atoms with Gasteiger partial charge < -0.3 is 4.74 Å². The van der Waals surface area contributed by atoms with Crippen LogP contribution >= 0.6 is 23.4 Å². The molecule has 0 N–H and O–H groups in total. The molecule has 0 aliphatic carbocycles. The number of nitrogens with zero attached hydrogens (tertiary/aromatic N) is 2. The number of hydrogen-bond acceptors (Lipinski definition) is 4. The van der Waals surface area contributed by atoms with E-state index in [0.717, 1.165) is 17.7 Å². The summed E-state index contributed by atoms with van der Waals surface area (Å²) < 4.78 is 6.14. The molecule has 122 valence electrons. The van der Waals surface area contributed by atoms with Crippen molar-refractivity contribution in [3.63, 3.8) is 0 Å². The largest absolute Gasteiger partial charge is 0.368 e. The Hall–Kier alpha value is -1.62. The number of halogens is 1. The highest BCUT2D eigenvalue weighted by Gasteiger charge is 2.26. The molecule has 3 aromatic rings. The highest BCUT2D eigenvalue weighted by Crippen LogP contribution is 2.36. The maximum atomic E-state index is 6.30. The van der Waals surface area contributed by atoms with Crippen LogP contribution in [0.3, 0.4) is 0 Å². The lowest BCUT2D eigenvalue weighted by molar-refractivity contribution is 0.0264. The highest BCUT2D eigenvalue weighted by molar-refractivity contribution is 7.98. The molecule has 4 rings (SSSR count). The van der Waals surface area contributed by atoms with Crippen molar-refractivity contribution in [1.82, 2.24) is 9.97 Å². The molecule has 24 heavy (non-hydrogen) atoms. The minimum Gasteiger partial charge on any atom is -0.368 e. The van der Waals surface area contributed by atoms with E-state index < -0.39 is 0 Å². The van der Waals surface area contributed by atoms with E-state index in [-0.39, 0.29) is 6.10 Å². The Morgan fingerprint density at radius 2 is 1.96 bits per heavy atom. The number of benzene rings is 2. The molecule has 2 aromatic carbocycles. The van der Waals surface area contributed by atoms with Gasteiger partial charge in [-0.05, 0) is 35.1 Å². The van der Waals surface area contributed by atoms with Crippen LogP contribution in [0.25, 0.3) is 10.8 Å². The number of hydrogen-bond donors (Lipinski definition) is 0. The zero-order valence-electron chi connectivity index (χ0n) is 13.5. The molecule has 0 fully saturated rings. The van der Waals surface area contributed by atoms with Crippen molar-refractivity contribution >= 4 is 34.1 Å². The van der Waals surface area contributed by atoms with Gasteiger partial charge in [-0.2, -0.15) is 0 Å². The standard InChI is InChI=1S/C19H17ClN2OS/c1-11-5-3-6-12-7-4-8-13(17(11)12)16-9-15-14(10-23-16)18(20)22-19(21-15)24-2/h3-8,16H,9-10H2,1-2H3. The Morgan fingerprint density at radius 3 is 2.75 bits per heavy atom. The van der Waals surface area contributed by atoms with Gasteiger partial charge in [-0.25, -0.2) is 9.97 Å². The van der Waals surface area contributed by atoms with Gasteiger partial charge in [0.2, 0.25) is 0 Å². The summed E-state index contributed by atoms with van der Waals surface area (Å²) in [5.41, 5.74) is 4.41. The van der Waals surface area contributed by atoms with Gasteiger partial charge in [0.15, 0.2) is 5.16 Å². The number of ether oxygens (including phenoxy) is 1. The third-order valence-corrected chi connectivity index (χ3v) is 5.36. The second-order valence-electron chi connectivity index (χ2n) is 5.95. The Morgan fingerprint density at radius 1 is 1.17 bits per heavy atom. The molecule has 1 unspecified atom stereocenters. The van der Waals surface area contributed by atoms with Gasteiger partial charge in [0, 0.05) is 12.0 Å². The predicted molar refractivity (Wildman–Crippen MR) is 98.7 cm³/mol. The van der Waals surface area contributed by atoms with Crippen LogP contribution in [0.4, 0.5) is 0 Å². The molecular formula is C19H17ClN2OS. The van der Waals surface area contributed by atoms with E-state index in [2.05, 4.69) is 53.3 Å². The van der Waals surface area contributed by atoms with E-state index in [4.69, 9.17) is 16.3 Å². The van der Waals surface area contributed by atoms with Crippen LogP contribution in [0.5, 0.6) is 0 Å². The van der Waals surface area contributed by atoms with Crippen LogP contribution in [0.1, 0.15) is 28.5 Å². The molecule has 1 aliphatic heterocycles. The van der Waals surface area contributed by atoms with E-state index >= 15 is 0 Å². The number of rotatable bonds is 2. The maximum Gasteiger partial charge on any atom is 0.188 e. The fourth-order valence-electron chi connectivity index (χ4n) is 3.33. The SMILES string of the molecule is CSc1nc(Cl)c2c(n1)CC(c1cccc3cccc(C)c13)OC2. The monoisotopic (exact) mass is 356 g/mol. The topological polar surface area (TPSA) is 35.0 Å². The van der Waals surface area contributed by atoms with Crippen molar-refractivity contribution in [1.29, 1.82) is 0 Å². The van der Waals surface area contributed by atoms with Crippen molar-refractivity contribution in [2.24, 2.45) is 0 Å². The van der Waals surface area contributed by atoms with Crippen LogP contribution in [0.2, 0.25) is 5.15 Å². The van der Waals surface area contributed by atoms with Crippen molar-refractivity contribution < 1.29 is 4.74 Å². The molecule has 5 heteroatoms. The van der Waals surface area contributed by atoms with E-state index in [1.54, 1.807) is 0 Å². The number of fused-ring (bicyclic) bond motifs is 2. The molecule has 0 radical (unpaired) electrons. The van der Waals surface area contributed by atoms with E-state index in [1.165, 1.54) is 33.7 Å². The quantitative estimate of drug-likeness (QED) is 0.362. The van der Waals surface area contributed by atoms with Gasteiger partial charge in [0.25, 0.3) is 0 Å². The van der Waals surface area contributed by atoms with Gasteiger partial charge in [-0.1, -0.05) is 59.8 Å². The van der Waals surface area contributed by atoms with Gasteiger partial charge in [0.1, 0.15) is 5.15 Å².